The largest absolute Gasteiger partial charge is 0.476 e. The summed E-state index contributed by atoms with van der Waals surface area (Å²) in [6.07, 6.45) is 3.21. The van der Waals surface area contributed by atoms with E-state index in [9.17, 15) is 9.90 Å². The van der Waals surface area contributed by atoms with Crippen LogP contribution in [0.5, 0.6) is 0 Å². The second-order valence-electron chi connectivity index (χ2n) is 5.44. The molecule has 0 aliphatic rings. The molecule has 0 aliphatic heterocycles. The van der Waals surface area contributed by atoms with E-state index in [1.165, 1.54) is 10.9 Å². The molecule has 0 fully saturated rings. The molecule has 3 aromatic rings. The minimum absolute atomic E-state index is 0.0161. The van der Waals surface area contributed by atoms with Gasteiger partial charge in [0.25, 0.3) is 0 Å². The number of benzene rings is 1. The number of nitrogens with one attached hydrogen (secondary N) is 2. The first-order valence-corrected chi connectivity index (χ1v) is 8.32. The number of halogens is 1. The Morgan fingerprint density at radius 1 is 1.27 bits per heavy atom. The minimum atomic E-state index is -1.09. The van der Waals surface area contributed by atoms with Gasteiger partial charge in [0.1, 0.15) is 0 Å². The average molecular weight is 391 g/mol. The molecule has 10 heteroatoms. The van der Waals surface area contributed by atoms with Gasteiger partial charge < -0.3 is 15.7 Å². The number of anilines is 2. The van der Waals surface area contributed by atoms with Crippen LogP contribution >= 0.6 is 23.8 Å². The Bertz CT molecular complexity index is 950. The van der Waals surface area contributed by atoms with Gasteiger partial charge in [0.2, 0.25) is 0 Å². The third kappa shape index (κ3) is 4.19. The molecule has 2 heterocycles. The summed E-state index contributed by atoms with van der Waals surface area (Å²) in [6.45, 7) is 0.588. The van der Waals surface area contributed by atoms with Crippen molar-refractivity contribution < 1.29 is 9.90 Å². The van der Waals surface area contributed by atoms with Crippen molar-refractivity contribution in [3.63, 3.8) is 0 Å². The van der Waals surface area contributed by atoms with Crippen LogP contribution in [0.25, 0.3) is 0 Å². The van der Waals surface area contributed by atoms with Gasteiger partial charge in [0.15, 0.2) is 16.6 Å². The highest BCUT2D eigenvalue weighted by molar-refractivity contribution is 7.80. The zero-order valence-corrected chi connectivity index (χ0v) is 15.3. The molecule has 0 radical (unpaired) electrons. The summed E-state index contributed by atoms with van der Waals surface area (Å²) in [6, 6.07) is 9.28. The zero-order valence-electron chi connectivity index (χ0n) is 13.7. The van der Waals surface area contributed by atoms with Gasteiger partial charge in [-0.25, -0.2) is 4.79 Å². The van der Waals surface area contributed by atoms with Crippen LogP contribution in [-0.4, -0.2) is 35.7 Å². The van der Waals surface area contributed by atoms with Crippen molar-refractivity contribution in [2.75, 3.05) is 10.6 Å². The molecule has 1 aromatic carbocycles. The second-order valence-corrected chi connectivity index (χ2v) is 6.28. The Hall–Kier alpha value is -2.91. The van der Waals surface area contributed by atoms with Crippen LogP contribution in [0.3, 0.4) is 0 Å². The number of thiocarbonyl (C=S) groups is 1. The molecule has 0 spiro atoms. The highest BCUT2D eigenvalue weighted by Crippen LogP contribution is 2.15. The van der Waals surface area contributed by atoms with Gasteiger partial charge in [-0.15, -0.1) is 0 Å². The SMILES string of the molecule is Cn1ncc(NC(=S)Nc2ccn(Cc3ccc(Cl)cc3)n2)c1C(=O)O. The van der Waals surface area contributed by atoms with Crippen LogP contribution in [0.1, 0.15) is 16.1 Å². The van der Waals surface area contributed by atoms with E-state index in [0.29, 0.717) is 23.1 Å². The fourth-order valence-corrected chi connectivity index (χ4v) is 2.69. The Labute approximate surface area is 159 Å². The number of aryl methyl sites for hydroxylation is 1. The number of rotatable bonds is 5. The van der Waals surface area contributed by atoms with Crippen LogP contribution in [0, 0.1) is 0 Å². The first kappa shape index (κ1) is 17.9. The Morgan fingerprint density at radius 3 is 2.69 bits per heavy atom. The Kier molecular flexibility index (Phi) is 5.19. The number of aromatic carboxylic acids is 1. The summed E-state index contributed by atoms with van der Waals surface area (Å²) in [5.41, 5.74) is 1.38. The number of nitrogens with zero attached hydrogens (tertiary/aromatic N) is 4. The first-order valence-electron chi connectivity index (χ1n) is 7.53. The predicted octanol–water partition coefficient (Wildman–Crippen LogP) is 2.83. The minimum Gasteiger partial charge on any atom is -0.476 e. The summed E-state index contributed by atoms with van der Waals surface area (Å²) in [7, 11) is 1.55. The van der Waals surface area contributed by atoms with Gasteiger partial charge in [-0.3, -0.25) is 9.36 Å². The number of hydrogen-bond acceptors (Lipinski definition) is 4. The van der Waals surface area contributed by atoms with Crippen molar-refractivity contribution in [2.24, 2.45) is 7.05 Å². The average Bonchev–Trinajstić information content (AvgIpc) is 3.16. The number of hydrogen-bond donors (Lipinski definition) is 3. The van der Waals surface area contributed by atoms with Crippen molar-refractivity contribution in [1.29, 1.82) is 0 Å². The zero-order chi connectivity index (χ0) is 18.7. The summed E-state index contributed by atoms with van der Waals surface area (Å²) >= 11 is 11.1. The highest BCUT2D eigenvalue weighted by atomic mass is 35.5. The summed E-state index contributed by atoms with van der Waals surface area (Å²) in [4.78, 5) is 11.3. The number of carboxylic acid groups (broad SMARTS) is 1. The third-order valence-electron chi connectivity index (χ3n) is 3.53. The van der Waals surface area contributed by atoms with E-state index in [2.05, 4.69) is 20.8 Å². The van der Waals surface area contributed by atoms with Gasteiger partial charge in [-0.05, 0) is 29.9 Å². The Balaban J connectivity index is 1.63. The van der Waals surface area contributed by atoms with Crippen LogP contribution < -0.4 is 10.6 Å². The molecular weight excluding hydrogens is 376 g/mol. The molecule has 0 bridgehead atoms. The lowest BCUT2D eigenvalue weighted by Gasteiger charge is -2.08. The molecule has 134 valence electrons. The van der Waals surface area contributed by atoms with E-state index in [4.69, 9.17) is 23.8 Å². The maximum Gasteiger partial charge on any atom is 0.356 e. The van der Waals surface area contributed by atoms with Gasteiger partial charge in [-0.1, -0.05) is 23.7 Å². The summed E-state index contributed by atoms with van der Waals surface area (Å²) in [5, 5.41) is 24.1. The van der Waals surface area contributed by atoms with Crippen molar-refractivity contribution >= 4 is 46.4 Å². The van der Waals surface area contributed by atoms with Crippen LogP contribution in [0.2, 0.25) is 5.02 Å². The number of aromatic nitrogens is 4. The lowest BCUT2D eigenvalue weighted by Crippen LogP contribution is -2.21. The van der Waals surface area contributed by atoms with Crippen molar-refractivity contribution in [3.8, 4) is 0 Å². The van der Waals surface area contributed by atoms with E-state index >= 15 is 0 Å². The molecule has 3 rings (SSSR count). The number of carbonyl (C=O) groups is 1. The van der Waals surface area contributed by atoms with E-state index in [0.717, 1.165) is 5.56 Å². The summed E-state index contributed by atoms with van der Waals surface area (Å²) in [5.74, 6) is -0.556. The van der Waals surface area contributed by atoms with Crippen molar-refractivity contribution in [2.45, 2.75) is 6.54 Å². The van der Waals surface area contributed by atoms with E-state index in [1.54, 1.807) is 17.8 Å². The smallest absolute Gasteiger partial charge is 0.356 e. The number of carboxylic acids is 1. The molecule has 0 aliphatic carbocycles. The molecule has 3 N–H and O–H groups in total. The van der Waals surface area contributed by atoms with Gasteiger partial charge in [0.05, 0.1) is 18.4 Å². The fraction of sp³-hybridized carbons (Fsp3) is 0.125. The van der Waals surface area contributed by atoms with Gasteiger partial charge >= 0.3 is 5.97 Å². The molecule has 0 saturated carbocycles. The van der Waals surface area contributed by atoms with Crippen LogP contribution in [0.4, 0.5) is 11.5 Å². The summed E-state index contributed by atoms with van der Waals surface area (Å²) < 4.78 is 3.01. The van der Waals surface area contributed by atoms with Crippen LogP contribution in [-0.2, 0) is 13.6 Å². The second kappa shape index (κ2) is 7.54. The van der Waals surface area contributed by atoms with Gasteiger partial charge in [-0.2, -0.15) is 10.2 Å². The molecule has 0 saturated heterocycles. The topological polar surface area (TPSA) is 97.0 Å². The maximum atomic E-state index is 11.3. The Morgan fingerprint density at radius 2 is 2.00 bits per heavy atom. The molecule has 26 heavy (non-hydrogen) atoms. The third-order valence-corrected chi connectivity index (χ3v) is 3.99. The molecule has 0 unspecified atom stereocenters. The van der Waals surface area contributed by atoms with Crippen molar-refractivity contribution in [3.05, 3.63) is 59.0 Å². The standard InChI is InChI=1S/C16H15ClN6O2S/c1-22-14(15(24)25)12(8-18-22)19-16(26)20-13-6-7-23(21-13)9-10-2-4-11(17)5-3-10/h2-8H,9H2,1H3,(H,24,25)(H2,19,20,21,26). The van der Waals surface area contributed by atoms with E-state index in [1.807, 2.05) is 30.5 Å². The quantitative estimate of drug-likeness (QED) is 0.576. The molecule has 2 aromatic heterocycles. The fourth-order valence-electron chi connectivity index (χ4n) is 2.35. The first-order chi connectivity index (χ1) is 12.4. The van der Waals surface area contributed by atoms with Gasteiger partial charge in [0, 0.05) is 24.3 Å². The molecule has 0 amide bonds. The highest BCUT2D eigenvalue weighted by Gasteiger charge is 2.16. The predicted molar refractivity (Wildman–Crippen MR) is 103 cm³/mol. The monoisotopic (exact) mass is 390 g/mol. The van der Waals surface area contributed by atoms with Crippen molar-refractivity contribution in [1.82, 2.24) is 19.6 Å². The van der Waals surface area contributed by atoms with E-state index in [-0.39, 0.29) is 10.8 Å². The van der Waals surface area contributed by atoms with Crippen LogP contribution in [0.15, 0.2) is 42.7 Å². The normalized spacial score (nSPS) is 10.5. The lowest BCUT2D eigenvalue weighted by molar-refractivity contribution is 0.0686. The lowest BCUT2D eigenvalue weighted by atomic mass is 10.2. The van der Waals surface area contributed by atoms with E-state index < -0.39 is 5.97 Å². The maximum absolute atomic E-state index is 11.3. The molecule has 0 atom stereocenters. The molecular formula is C16H15ClN6O2S. The molecule has 8 nitrogen and oxygen atoms in total.